The first kappa shape index (κ1) is 10.2. The Balaban J connectivity index is 2.55. The first-order chi connectivity index (χ1) is 7.08. The van der Waals surface area contributed by atoms with Gasteiger partial charge in [-0.1, -0.05) is 21.1 Å². The molecular weight excluding hydrogens is 263 g/mol. The number of hydrogen-bond donors (Lipinski definition) is 1. The van der Waals surface area contributed by atoms with Crippen LogP contribution in [0.1, 0.15) is 5.56 Å². The predicted molar refractivity (Wildman–Crippen MR) is 58.7 cm³/mol. The molecule has 0 aliphatic carbocycles. The van der Waals surface area contributed by atoms with Crippen LogP contribution in [0.4, 0.5) is 10.3 Å². The molecule has 0 amide bonds. The SMILES string of the molecule is Cc1c(F)cc(-c2cc(N)on2)cc1Br. The average Bonchev–Trinajstić information content (AvgIpc) is 2.60. The number of benzene rings is 1. The fourth-order valence-electron chi connectivity index (χ4n) is 1.22. The van der Waals surface area contributed by atoms with E-state index in [-0.39, 0.29) is 11.7 Å². The molecule has 0 aliphatic rings. The van der Waals surface area contributed by atoms with Crippen molar-refractivity contribution in [2.24, 2.45) is 0 Å². The molecule has 2 aromatic rings. The van der Waals surface area contributed by atoms with Crippen molar-refractivity contribution < 1.29 is 8.91 Å². The van der Waals surface area contributed by atoms with E-state index in [4.69, 9.17) is 10.3 Å². The minimum atomic E-state index is -0.291. The summed E-state index contributed by atoms with van der Waals surface area (Å²) in [5, 5.41) is 3.71. The number of halogens is 2. The standard InChI is InChI=1S/C10H8BrFN2O/c1-5-7(11)2-6(3-8(5)12)9-4-10(13)15-14-9/h2-4H,13H2,1H3. The number of hydrogen-bond acceptors (Lipinski definition) is 3. The van der Waals surface area contributed by atoms with E-state index in [1.165, 1.54) is 6.07 Å². The van der Waals surface area contributed by atoms with Gasteiger partial charge < -0.3 is 10.3 Å². The second kappa shape index (κ2) is 3.66. The van der Waals surface area contributed by atoms with Crippen LogP contribution in [-0.4, -0.2) is 5.16 Å². The van der Waals surface area contributed by atoms with Crippen molar-refractivity contribution >= 4 is 21.8 Å². The minimum Gasteiger partial charge on any atom is -0.368 e. The maximum atomic E-state index is 13.4. The van der Waals surface area contributed by atoms with Crippen LogP contribution in [0.25, 0.3) is 11.3 Å². The quantitative estimate of drug-likeness (QED) is 0.866. The summed E-state index contributed by atoms with van der Waals surface area (Å²) in [5.74, 6) is -0.0805. The monoisotopic (exact) mass is 270 g/mol. The summed E-state index contributed by atoms with van der Waals surface area (Å²) in [6, 6.07) is 4.73. The number of rotatable bonds is 1. The number of nitrogens with two attached hydrogens (primary N) is 1. The third-order valence-corrected chi connectivity index (χ3v) is 2.93. The summed E-state index contributed by atoms with van der Waals surface area (Å²) in [6.45, 7) is 1.69. The summed E-state index contributed by atoms with van der Waals surface area (Å²) >= 11 is 3.27. The van der Waals surface area contributed by atoms with E-state index in [1.54, 1.807) is 19.1 Å². The zero-order chi connectivity index (χ0) is 11.0. The van der Waals surface area contributed by atoms with Crippen LogP contribution >= 0.6 is 15.9 Å². The Hall–Kier alpha value is -1.36. The lowest BCUT2D eigenvalue weighted by Crippen LogP contribution is -1.87. The largest absolute Gasteiger partial charge is 0.368 e. The van der Waals surface area contributed by atoms with Crippen molar-refractivity contribution in [3.05, 3.63) is 34.1 Å². The van der Waals surface area contributed by atoms with E-state index in [1.807, 2.05) is 0 Å². The maximum absolute atomic E-state index is 13.4. The van der Waals surface area contributed by atoms with Crippen molar-refractivity contribution in [2.75, 3.05) is 5.73 Å². The molecule has 0 spiro atoms. The van der Waals surface area contributed by atoms with Gasteiger partial charge in [0.15, 0.2) is 0 Å². The lowest BCUT2D eigenvalue weighted by atomic mass is 10.1. The van der Waals surface area contributed by atoms with Gasteiger partial charge in [-0.25, -0.2) is 4.39 Å². The first-order valence-electron chi connectivity index (χ1n) is 4.26. The number of nitrogen functional groups attached to an aromatic ring is 1. The van der Waals surface area contributed by atoms with E-state index >= 15 is 0 Å². The van der Waals surface area contributed by atoms with Gasteiger partial charge in [0.1, 0.15) is 11.5 Å². The molecule has 0 radical (unpaired) electrons. The van der Waals surface area contributed by atoms with Gasteiger partial charge in [0.25, 0.3) is 0 Å². The zero-order valence-electron chi connectivity index (χ0n) is 7.92. The van der Waals surface area contributed by atoms with E-state index in [2.05, 4.69) is 21.1 Å². The normalized spacial score (nSPS) is 10.6. The molecule has 1 aromatic carbocycles. The maximum Gasteiger partial charge on any atom is 0.222 e. The van der Waals surface area contributed by atoms with Gasteiger partial charge in [0.2, 0.25) is 5.88 Å². The van der Waals surface area contributed by atoms with E-state index < -0.39 is 0 Å². The molecule has 78 valence electrons. The fourth-order valence-corrected chi connectivity index (χ4v) is 1.65. The fraction of sp³-hybridized carbons (Fsp3) is 0.100. The molecule has 1 aromatic heterocycles. The van der Waals surface area contributed by atoms with E-state index in [0.717, 1.165) is 0 Å². The summed E-state index contributed by atoms with van der Waals surface area (Å²) < 4.78 is 18.8. The second-order valence-electron chi connectivity index (χ2n) is 3.18. The van der Waals surface area contributed by atoms with Crippen molar-refractivity contribution in [1.29, 1.82) is 0 Å². The zero-order valence-corrected chi connectivity index (χ0v) is 9.51. The van der Waals surface area contributed by atoms with Crippen LogP contribution in [0.15, 0.2) is 27.2 Å². The molecule has 2 rings (SSSR count). The van der Waals surface area contributed by atoms with E-state index in [9.17, 15) is 4.39 Å². The van der Waals surface area contributed by atoms with Gasteiger partial charge in [-0.2, -0.15) is 0 Å². The Morgan fingerprint density at radius 1 is 1.40 bits per heavy atom. The number of nitrogens with zero attached hydrogens (tertiary/aromatic N) is 1. The van der Waals surface area contributed by atoms with Gasteiger partial charge >= 0.3 is 0 Å². The molecule has 2 N–H and O–H groups in total. The summed E-state index contributed by atoms with van der Waals surface area (Å²) in [5.41, 5.74) is 7.10. The third-order valence-electron chi connectivity index (χ3n) is 2.11. The van der Waals surface area contributed by atoms with E-state index in [0.29, 0.717) is 21.3 Å². The van der Waals surface area contributed by atoms with Crippen LogP contribution in [0, 0.1) is 12.7 Å². The molecule has 15 heavy (non-hydrogen) atoms. The highest BCUT2D eigenvalue weighted by Gasteiger charge is 2.09. The highest BCUT2D eigenvalue weighted by Crippen LogP contribution is 2.27. The second-order valence-corrected chi connectivity index (χ2v) is 4.03. The number of aromatic nitrogens is 1. The average molecular weight is 271 g/mol. The molecule has 0 saturated carbocycles. The Bertz CT molecular complexity index is 487. The molecule has 0 bridgehead atoms. The third kappa shape index (κ3) is 1.87. The van der Waals surface area contributed by atoms with Crippen molar-refractivity contribution in [1.82, 2.24) is 5.16 Å². The Kier molecular flexibility index (Phi) is 2.48. The molecular formula is C10H8BrFN2O. The smallest absolute Gasteiger partial charge is 0.222 e. The van der Waals surface area contributed by atoms with Gasteiger partial charge in [0, 0.05) is 16.1 Å². The summed E-state index contributed by atoms with van der Waals surface area (Å²) in [7, 11) is 0. The van der Waals surface area contributed by atoms with Gasteiger partial charge in [-0.3, -0.25) is 0 Å². The van der Waals surface area contributed by atoms with Crippen molar-refractivity contribution in [3.8, 4) is 11.3 Å². The molecule has 1 heterocycles. The van der Waals surface area contributed by atoms with Gasteiger partial charge in [-0.15, -0.1) is 0 Å². The van der Waals surface area contributed by atoms with Crippen molar-refractivity contribution in [3.63, 3.8) is 0 Å². The van der Waals surface area contributed by atoms with Crippen molar-refractivity contribution in [2.45, 2.75) is 6.92 Å². The number of anilines is 1. The lowest BCUT2D eigenvalue weighted by Gasteiger charge is -2.02. The van der Waals surface area contributed by atoms with Gasteiger partial charge in [0.05, 0.1) is 0 Å². The molecule has 0 aliphatic heterocycles. The topological polar surface area (TPSA) is 52.0 Å². The Morgan fingerprint density at radius 3 is 2.67 bits per heavy atom. The Morgan fingerprint density at radius 2 is 2.13 bits per heavy atom. The highest BCUT2D eigenvalue weighted by atomic mass is 79.9. The summed E-state index contributed by atoms with van der Waals surface area (Å²) in [6.07, 6.45) is 0. The molecule has 0 saturated heterocycles. The summed E-state index contributed by atoms with van der Waals surface area (Å²) in [4.78, 5) is 0. The molecule has 3 nitrogen and oxygen atoms in total. The Labute approximate surface area is 94.2 Å². The lowest BCUT2D eigenvalue weighted by molar-refractivity contribution is 0.439. The van der Waals surface area contributed by atoms with Crippen LogP contribution in [-0.2, 0) is 0 Å². The molecule has 0 atom stereocenters. The van der Waals surface area contributed by atoms with Crippen LogP contribution in [0.3, 0.4) is 0 Å². The predicted octanol–water partition coefficient (Wildman–Crippen LogP) is 3.13. The van der Waals surface area contributed by atoms with Crippen LogP contribution < -0.4 is 5.73 Å². The van der Waals surface area contributed by atoms with Crippen LogP contribution in [0.5, 0.6) is 0 Å². The van der Waals surface area contributed by atoms with Gasteiger partial charge in [-0.05, 0) is 24.6 Å². The molecule has 0 unspecified atom stereocenters. The first-order valence-corrected chi connectivity index (χ1v) is 5.05. The minimum absolute atomic E-state index is 0.210. The van der Waals surface area contributed by atoms with Crippen LogP contribution in [0.2, 0.25) is 0 Å². The molecule has 0 fully saturated rings. The highest BCUT2D eigenvalue weighted by molar-refractivity contribution is 9.10. The molecule has 5 heteroatoms.